The van der Waals surface area contributed by atoms with Crippen LogP contribution in [0.5, 0.6) is 17.2 Å². The number of nitrogens with two attached hydrogens (primary N) is 1. The van der Waals surface area contributed by atoms with Gasteiger partial charge in [-0.3, -0.25) is 0 Å². The van der Waals surface area contributed by atoms with E-state index in [2.05, 4.69) is 0 Å². The highest BCUT2D eigenvalue weighted by molar-refractivity contribution is 5.56. The lowest BCUT2D eigenvalue weighted by molar-refractivity contribution is 0.288. The molecule has 0 aromatic heterocycles. The molecule has 4 nitrogen and oxygen atoms in total. The van der Waals surface area contributed by atoms with Gasteiger partial charge in [0.25, 0.3) is 0 Å². The van der Waals surface area contributed by atoms with Crippen LogP contribution in [0.1, 0.15) is 12.0 Å². The third-order valence-electron chi connectivity index (χ3n) is 2.37. The first kappa shape index (κ1) is 10.1. The van der Waals surface area contributed by atoms with Gasteiger partial charge in [0.05, 0.1) is 20.3 Å². The fourth-order valence-electron chi connectivity index (χ4n) is 1.64. The number of benzene rings is 1. The van der Waals surface area contributed by atoms with Gasteiger partial charge in [0.2, 0.25) is 5.75 Å². The van der Waals surface area contributed by atoms with E-state index in [1.54, 1.807) is 7.11 Å². The lowest BCUT2D eigenvalue weighted by atomic mass is 10.1. The Balaban J connectivity index is 2.47. The van der Waals surface area contributed by atoms with E-state index in [-0.39, 0.29) is 0 Å². The van der Waals surface area contributed by atoms with E-state index in [4.69, 9.17) is 19.9 Å². The molecular weight excluding hydrogens is 194 g/mol. The molecule has 0 saturated carbocycles. The average molecular weight is 209 g/mol. The smallest absolute Gasteiger partial charge is 0.203 e. The zero-order chi connectivity index (χ0) is 10.7. The van der Waals surface area contributed by atoms with Gasteiger partial charge in [0.15, 0.2) is 11.5 Å². The number of hydrogen-bond acceptors (Lipinski definition) is 4. The Hall–Kier alpha value is -1.42. The molecular formula is C11H15NO3. The molecule has 1 aliphatic rings. The molecule has 1 aromatic rings. The molecule has 0 radical (unpaired) electrons. The third-order valence-corrected chi connectivity index (χ3v) is 2.37. The molecule has 0 unspecified atom stereocenters. The Labute approximate surface area is 88.9 Å². The molecule has 82 valence electrons. The summed E-state index contributed by atoms with van der Waals surface area (Å²) in [6, 6.07) is 3.79. The van der Waals surface area contributed by atoms with Crippen molar-refractivity contribution in [1.29, 1.82) is 0 Å². The van der Waals surface area contributed by atoms with Crippen LogP contribution >= 0.6 is 0 Å². The second kappa shape index (κ2) is 4.40. The zero-order valence-electron chi connectivity index (χ0n) is 8.79. The van der Waals surface area contributed by atoms with Gasteiger partial charge in [0.1, 0.15) is 0 Å². The molecule has 0 fully saturated rings. The largest absolute Gasteiger partial charge is 0.492 e. The lowest BCUT2D eigenvalue weighted by Crippen LogP contribution is -2.03. The van der Waals surface area contributed by atoms with Crippen molar-refractivity contribution >= 4 is 0 Å². The Bertz CT molecular complexity index is 352. The maximum Gasteiger partial charge on any atom is 0.203 e. The number of methoxy groups -OCH3 is 1. The van der Waals surface area contributed by atoms with Gasteiger partial charge >= 0.3 is 0 Å². The van der Waals surface area contributed by atoms with E-state index in [1.807, 2.05) is 12.1 Å². The van der Waals surface area contributed by atoms with Crippen LogP contribution in [0.3, 0.4) is 0 Å². The highest BCUT2D eigenvalue weighted by atomic mass is 16.5. The van der Waals surface area contributed by atoms with Gasteiger partial charge in [0, 0.05) is 18.5 Å². The van der Waals surface area contributed by atoms with Gasteiger partial charge < -0.3 is 19.9 Å². The Kier molecular flexibility index (Phi) is 2.97. The molecule has 1 aromatic carbocycles. The second-order valence-corrected chi connectivity index (χ2v) is 3.34. The molecule has 1 heterocycles. The Morgan fingerprint density at radius 1 is 1.33 bits per heavy atom. The SMILES string of the molecule is COc1c(CN)ccc2c1OCCCO2. The van der Waals surface area contributed by atoms with Crippen LogP contribution in [0, 0.1) is 0 Å². The predicted molar refractivity (Wildman–Crippen MR) is 56.5 cm³/mol. The van der Waals surface area contributed by atoms with E-state index < -0.39 is 0 Å². The summed E-state index contributed by atoms with van der Waals surface area (Å²) >= 11 is 0. The van der Waals surface area contributed by atoms with E-state index in [9.17, 15) is 0 Å². The van der Waals surface area contributed by atoms with E-state index >= 15 is 0 Å². The monoisotopic (exact) mass is 209 g/mol. The van der Waals surface area contributed by atoms with Crippen LogP contribution in [-0.2, 0) is 6.54 Å². The summed E-state index contributed by atoms with van der Waals surface area (Å²) < 4.78 is 16.5. The van der Waals surface area contributed by atoms with E-state index in [0.29, 0.717) is 31.3 Å². The van der Waals surface area contributed by atoms with Crippen molar-refractivity contribution in [1.82, 2.24) is 0 Å². The predicted octanol–water partition coefficient (Wildman–Crippen LogP) is 1.32. The number of rotatable bonds is 2. The van der Waals surface area contributed by atoms with Crippen molar-refractivity contribution in [2.45, 2.75) is 13.0 Å². The minimum atomic E-state index is 0.430. The fourth-order valence-corrected chi connectivity index (χ4v) is 1.64. The summed E-state index contributed by atoms with van der Waals surface area (Å²) in [6.45, 7) is 1.76. The van der Waals surface area contributed by atoms with Crippen LogP contribution in [0.2, 0.25) is 0 Å². The zero-order valence-corrected chi connectivity index (χ0v) is 8.79. The topological polar surface area (TPSA) is 53.7 Å². The summed E-state index contributed by atoms with van der Waals surface area (Å²) in [5, 5.41) is 0. The summed E-state index contributed by atoms with van der Waals surface area (Å²) in [6.07, 6.45) is 0.885. The third kappa shape index (κ3) is 1.85. The van der Waals surface area contributed by atoms with Crippen LogP contribution < -0.4 is 19.9 Å². The van der Waals surface area contributed by atoms with Crippen molar-refractivity contribution in [2.24, 2.45) is 5.73 Å². The number of ether oxygens (including phenoxy) is 3. The quantitative estimate of drug-likeness (QED) is 0.798. The fraction of sp³-hybridized carbons (Fsp3) is 0.455. The van der Waals surface area contributed by atoms with E-state index in [0.717, 1.165) is 17.7 Å². The molecule has 0 saturated heterocycles. The van der Waals surface area contributed by atoms with Crippen molar-refractivity contribution in [3.63, 3.8) is 0 Å². The standard InChI is InChI=1S/C11H15NO3/c1-13-10-8(7-12)3-4-9-11(10)15-6-2-5-14-9/h3-4H,2,5-7,12H2,1H3. The first-order valence-corrected chi connectivity index (χ1v) is 5.02. The average Bonchev–Trinajstić information content (AvgIpc) is 2.52. The molecule has 0 aliphatic carbocycles. The van der Waals surface area contributed by atoms with Gasteiger partial charge in [-0.25, -0.2) is 0 Å². The van der Waals surface area contributed by atoms with Gasteiger partial charge in [-0.2, -0.15) is 0 Å². The molecule has 15 heavy (non-hydrogen) atoms. The molecule has 1 aliphatic heterocycles. The molecule has 2 N–H and O–H groups in total. The molecule has 4 heteroatoms. The normalized spacial score (nSPS) is 14.5. The van der Waals surface area contributed by atoms with Crippen LogP contribution in [0.25, 0.3) is 0 Å². The summed E-state index contributed by atoms with van der Waals surface area (Å²) in [4.78, 5) is 0. The van der Waals surface area contributed by atoms with Gasteiger partial charge in [-0.15, -0.1) is 0 Å². The van der Waals surface area contributed by atoms with Crippen molar-refractivity contribution in [2.75, 3.05) is 20.3 Å². The van der Waals surface area contributed by atoms with Crippen LogP contribution in [0.4, 0.5) is 0 Å². The molecule has 0 bridgehead atoms. The van der Waals surface area contributed by atoms with Gasteiger partial charge in [-0.05, 0) is 6.07 Å². The number of hydrogen-bond donors (Lipinski definition) is 1. The van der Waals surface area contributed by atoms with Gasteiger partial charge in [-0.1, -0.05) is 6.07 Å². The Morgan fingerprint density at radius 3 is 2.87 bits per heavy atom. The van der Waals surface area contributed by atoms with Crippen molar-refractivity contribution in [3.8, 4) is 17.2 Å². The first-order chi connectivity index (χ1) is 7.36. The first-order valence-electron chi connectivity index (χ1n) is 5.02. The highest BCUT2D eigenvalue weighted by Gasteiger charge is 2.18. The number of fused-ring (bicyclic) bond motifs is 1. The molecule has 0 atom stereocenters. The van der Waals surface area contributed by atoms with Crippen molar-refractivity contribution < 1.29 is 14.2 Å². The van der Waals surface area contributed by atoms with Crippen LogP contribution in [0.15, 0.2) is 12.1 Å². The van der Waals surface area contributed by atoms with E-state index in [1.165, 1.54) is 0 Å². The molecule has 2 rings (SSSR count). The maximum atomic E-state index is 5.62. The molecule has 0 spiro atoms. The maximum absolute atomic E-state index is 5.62. The van der Waals surface area contributed by atoms with Crippen LogP contribution in [-0.4, -0.2) is 20.3 Å². The summed E-state index contributed by atoms with van der Waals surface area (Å²) in [7, 11) is 1.61. The van der Waals surface area contributed by atoms with Crippen molar-refractivity contribution in [3.05, 3.63) is 17.7 Å². The Morgan fingerprint density at radius 2 is 2.13 bits per heavy atom. The highest BCUT2D eigenvalue weighted by Crippen LogP contribution is 2.41. The lowest BCUT2D eigenvalue weighted by Gasteiger charge is -2.14. The summed E-state index contributed by atoms with van der Waals surface area (Å²) in [5.41, 5.74) is 6.55. The summed E-state index contributed by atoms with van der Waals surface area (Å²) in [5.74, 6) is 2.11. The second-order valence-electron chi connectivity index (χ2n) is 3.34. The molecule has 0 amide bonds. The minimum absolute atomic E-state index is 0.430. The minimum Gasteiger partial charge on any atom is -0.492 e.